The maximum atomic E-state index is 5.76. The van der Waals surface area contributed by atoms with Crippen LogP contribution in [0.5, 0.6) is 0 Å². The molecule has 5 heteroatoms. The van der Waals surface area contributed by atoms with Crippen LogP contribution < -0.4 is 11.1 Å². The second-order valence-electron chi connectivity index (χ2n) is 4.78. The van der Waals surface area contributed by atoms with Crippen LogP contribution in [-0.4, -0.2) is 41.0 Å². The molecule has 0 bridgehead atoms. The van der Waals surface area contributed by atoms with Gasteiger partial charge in [0.1, 0.15) is 6.33 Å². The minimum atomic E-state index is 0.611. The van der Waals surface area contributed by atoms with Crippen LogP contribution >= 0.6 is 0 Å². The molecule has 0 spiro atoms. The normalized spacial score (nSPS) is 18.2. The number of aromatic nitrogens is 2. The van der Waals surface area contributed by atoms with E-state index in [1.165, 1.54) is 32.3 Å². The van der Waals surface area contributed by atoms with Crippen molar-refractivity contribution in [2.24, 2.45) is 5.92 Å². The van der Waals surface area contributed by atoms with E-state index in [0.29, 0.717) is 5.69 Å². The summed E-state index contributed by atoms with van der Waals surface area (Å²) in [4.78, 5) is 10.5. The van der Waals surface area contributed by atoms with Crippen molar-refractivity contribution in [1.82, 2.24) is 14.9 Å². The Bertz CT molecular complexity index is 347. The van der Waals surface area contributed by atoms with Gasteiger partial charge in [0.15, 0.2) is 5.82 Å². The third-order valence-corrected chi connectivity index (χ3v) is 3.34. The van der Waals surface area contributed by atoms with Crippen molar-refractivity contribution >= 4 is 11.5 Å². The molecule has 3 N–H and O–H groups in total. The monoisotopic (exact) mass is 235 g/mol. The van der Waals surface area contributed by atoms with E-state index in [9.17, 15) is 0 Å². The molecule has 1 aromatic heterocycles. The molecule has 0 unspecified atom stereocenters. The van der Waals surface area contributed by atoms with Crippen molar-refractivity contribution in [3.05, 3.63) is 12.5 Å². The first-order valence-electron chi connectivity index (χ1n) is 6.27. The van der Waals surface area contributed by atoms with Gasteiger partial charge in [-0.25, -0.2) is 9.97 Å². The minimum absolute atomic E-state index is 0.611. The van der Waals surface area contributed by atoms with E-state index < -0.39 is 0 Å². The number of anilines is 2. The molecule has 2 heterocycles. The van der Waals surface area contributed by atoms with Crippen molar-refractivity contribution in [2.45, 2.75) is 19.8 Å². The number of nitrogens with zero attached hydrogens (tertiary/aromatic N) is 3. The quantitative estimate of drug-likeness (QED) is 0.821. The van der Waals surface area contributed by atoms with Crippen molar-refractivity contribution in [1.29, 1.82) is 0 Å². The Morgan fingerprint density at radius 2 is 2.24 bits per heavy atom. The Morgan fingerprint density at radius 3 is 2.94 bits per heavy atom. The first-order valence-corrected chi connectivity index (χ1v) is 6.27. The van der Waals surface area contributed by atoms with Gasteiger partial charge in [0.2, 0.25) is 0 Å². The summed E-state index contributed by atoms with van der Waals surface area (Å²) < 4.78 is 0. The molecule has 1 aliphatic heterocycles. The third-order valence-electron chi connectivity index (χ3n) is 3.34. The first kappa shape index (κ1) is 12.1. The summed E-state index contributed by atoms with van der Waals surface area (Å²) in [5.74, 6) is 1.63. The predicted molar refractivity (Wildman–Crippen MR) is 69.8 cm³/mol. The summed E-state index contributed by atoms with van der Waals surface area (Å²) in [5, 5.41) is 3.25. The summed E-state index contributed by atoms with van der Waals surface area (Å²) in [5.41, 5.74) is 6.37. The number of nitrogen functional groups attached to an aromatic ring is 1. The Hall–Kier alpha value is -1.36. The maximum absolute atomic E-state index is 5.76. The molecule has 2 rings (SSSR count). The molecule has 0 atom stereocenters. The largest absolute Gasteiger partial charge is 0.394 e. The molecule has 0 saturated carbocycles. The summed E-state index contributed by atoms with van der Waals surface area (Å²) >= 11 is 0. The van der Waals surface area contributed by atoms with Gasteiger partial charge in [-0.3, -0.25) is 0 Å². The Morgan fingerprint density at radius 1 is 1.47 bits per heavy atom. The topological polar surface area (TPSA) is 67.1 Å². The van der Waals surface area contributed by atoms with Crippen LogP contribution in [0, 0.1) is 5.92 Å². The van der Waals surface area contributed by atoms with Crippen LogP contribution in [0.3, 0.4) is 0 Å². The zero-order valence-electron chi connectivity index (χ0n) is 10.4. The molecule has 1 aromatic rings. The highest BCUT2D eigenvalue weighted by Crippen LogP contribution is 2.16. The number of nitrogens with one attached hydrogen (secondary N) is 1. The molecule has 1 aliphatic rings. The zero-order valence-corrected chi connectivity index (χ0v) is 10.4. The lowest BCUT2D eigenvalue weighted by Crippen LogP contribution is -2.36. The van der Waals surface area contributed by atoms with Gasteiger partial charge >= 0.3 is 0 Å². The minimum Gasteiger partial charge on any atom is -0.394 e. The van der Waals surface area contributed by atoms with Gasteiger partial charge in [-0.15, -0.1) is 0 Å². The van der Waals surface area contributed by atoms with E-state index in [1.807, 2.05) is 0 Å². The van der Waals surface area contributed by atoms with E-state index in [4.69, 9.17) is 5.73 Å². The lowest BCUT2D eigenvalue weighted by molar-refractivity contribution is 0.199. The van der Waals surface area contributed by atoms with Crippen LogP contribution in [0.4, 0.5) is 11.5 Å². The van der Waals surface area contributed by atoms with Gasteiger partial charge < -0.3 is 16.0 Å². The fraction of sp³-hybridized carbons (Fsp3) is 0.667. The zero-order chi connectivity index (χ0) is 12.1. The van der Waals surface area contributed by atoms with Crippen molar-refractivity contribution in [2.75, 3.05) is 37.2 Å². The summed E-state index contributed by atoms with van der Waals surface area (Å²) in [6.07, 6.45) is 5.77. The molecule has 5 nitrogen and oxygen atoms in total. The van der Waals surface area contributed by atoms with Gasteiger partial charge in [-0.1, -0.05) is 6.92 Å². The molecule has 0 amide bonds. The molecular formula is C12H21N5. The number of nitrogens with two attached hydrogens (primary N) is 1. The third kappa shape index (κ3) is 3.56. The van der Waals surface area contributed by atoms with Gasteiger partial charge in [-0.2, -0.15) is 0 Å². The lowest BCUT2D eigenvalue weighted by atomic mass is 9.99. The van der Waals surface area contributed by atoms with Gasteiger partial charge in [-0.05, 0) is 31.8 Å². The van der Waals surface area contributed by atoms with Crippen molar-refractivity contribution in [3.63, 3.8) is 0 Å². The summed E-state index contributed by atoms with van der Waals surface area (Å²) in [6, 6.07) is 0. The highest BCUT2D eigenvalue weighted by atomic mass is 15.2. The maximum Gasteiger partial charge on any atom is 0.152 e. The smallest absolute Gasteiger partial charge is 0.152 e. The fourth-order valence-corrected chi connectivity index (χ4v) is 2.11. The van der Waals surface area contributed by atoms with Crippen LogP contribution in [0.1, 0.15) is 19.8 Å². The van der Waals surface area contributed by atoms with Crippen molar-refractivity contribution < 1.29 is 0 Å². The number of hydrogen-bond acceptors (Lipinski definition) is 5. The lowest BCUT2D eigenvalue weighted by Gasteiger charge is -2.30. The Kier molecular flexibility index (Phi) is 4.14. The highest BCUT2D eigenvalue weighted by Gasteiger charge is 2.14. The molecule has 0 aromatic carbocycles. The molecule has 0 radical (unpaired) electrons. The molecule has 1 fully saturated rings. The average molecular weight is 235 g/mol. The molecule has 94 valence electrons. The van der Waals surface area contributed by atoms with Gasteiger partial charge in [0.05, 0.1) is 11.9 Å². The average Bonchev–Trinajstić information content (AvgIpc) is 2.34. The van der Waals surface area contributed by atoms with Crippen LogP contribution in [0.15, 0.2) is 12.5 Å². The van der Waals surface area contributed by atoms with Gasteiger partial charge in [0, 0.05) is 13.1 Å². The number of hydrogen-bond donors (Lipinski definition) is 2. The van der Waals surface area contributed by atoms with Crippen molar-refractivity contribution in [3.8, 4) is 0 Å². The Balaban J connectivity index is 1.71. The predicted octanol–water partition coefficient (Wildman–Crippen LogP) is 1.20. The first-order chi connectivity index (χ1) is 8.25. The van der Waals surface area contributed by atoms with E-state index >= 15 is 0 Å². The van der Waals surface area contributed by atoms with E-state index in [1.54, 1.807) is 6.20 Å². The highest BCUT2D eigenvalue weighted by molar-refractivity contribution is 5.58. The molecule has 17 heavy (non-hydrogen) atoms. The molecular weight excluding hydrogens is 214 g/mol. The van der Waals surface area contributed by atoms with E-state index in [2.05, 4.69) is 27.1 Å². The van der Waals surface area contributed by atoms with E-state index in [0.717, 1.165) is 24.8 Å². The second-order valence-corrected chi connectivity index (χ2v) is 4.78. The SMILES string of the molecule is CC1CCN(CCNc2ncncc2N)CC1. The Labute approximate surface area is 102 Å². The molecule has 0 aliphatic carbocycles. The molecule has 1 saturated heterocycles. The fourth-order valence-electron chi connectivity index (χ4n) is 2.11. The standard InChI is InChI=1S/C12H21N5/c1-10-2-5-17(6-3-10)7-4-15-12-11(13)8-14-9-16-12/h8-10H,2-7,13H2,1H3,(H,14,15,16). The van der Waals surface area contributed by atoms with Crippen LogP contribution in [0.25, 0.3) is 0 Å². The number of likely N-dealkylation sites (tertiary alicyclic amines) is 1. The van der Waals surface area contributed by atoms with Gasteiger partial charge in [0.25, 0.3) is 0 Å². The number of piperidine rings is 1. The van der Waals surface area contributed by atoms with E-state index in [-0.39, 0.29) is 0 Å². The van der Waals surface area contributed by atoms with Crippen LogP contribution in [0.2, 0.25) is 0 Å². The number of rotatable bonds is 4. The summed E-state index contributed by atoms with van der Waals surface area (Å²) in [6.45, 7) is 6.69. The van der Waals surface area contributed by atoms with Crippen LogP contribution in [-0.2, 0) is 0 Å². The summed E-state index contributed by atoms with van der Waals surface area (Å²) in [7, 11) is 0. The second kappa shape index (κ2) is 5.82.